The number of aromatic amines is 1. The van der Waals surface area contributed by atoms with Gasteiger partial charge in [0.05, 0.1) is 13.2 Å². The van der Waals surface area contributed by atoms with E-state index in [0.717, 1.165) is 33.3 Å². The van der Waals surface area contributed by atoms with Crippen molar-refractivity contribution in [3.63, 3.8) is 0 Å². The van der Waals surface area contributed by atoms with Crippen LogP contribution < -0.4 is 20.0 Å². The number of carbonyl (C=O) groups is 1. The number of para-hydroxylation sites is 1. The maximum absolute atomic E-state index is 12.0. The first-order chi connectivity index (χ1) is 17.4. The second-order valence-electron chi connectivity index (χ2n) is 8.90. The highest BCUT2D eigenvalue weighted by molar-refractivity contribution is 5.87. The van der Waals surface area contributed by atoms with Crippen molar-refractivity contribution in [2.75, 3.05) is 7.11 Å². The predicted molar refractivity (Wildman–Crippen MR) is 133 cm³/mol. The molecule has 0 saturated carbocycles. The number of benzene rings is 3. The van der Waals surface area contributed by atoms with Gasteiger partial charge in [0, 0.05) is 40.2 Å². The van der Waals surface area contributed by atoms with E-state index in [0.29, 0.717) is 23.5 Å². The Morgan fingerprint density at radius 3 is 2.69 bits per heavy atom. The number of carboxylic acid groups (broad SMARTS) is 1. The molecule has 0 bridgehead atoms. The average molecular weight is 490 g/mol. The molecular weight excluding hydrogens is 462 g/mol. The van der Waals surface area contributed by atoms with E-state index in [-0.39, 0.29) is 18.3 Å². The summed E-state index contributed by atoms with van der Waals surface area (Å²) in [5.74, 6) is 0.290. The smallest absolute Gasteiger partial charge is 0.321 e. The average Bonchev–Trinajstić information content (AvgIpc) is 3.25. The number of rotatable bonds is 7. The molecule has 36 heavy (non-hydrogen) atoms. The zero-order valence-corrected chi connectivity index (χ0v) is 19.9. The van der Waals surface area contributed by atoms with E-state index in [9.17, 15) is 20.3 Å². The first-order valence-corrected chi connectivity index (χ1v) is 11.6. The molecule has 4 aromatic rings. The van der Waals surface area contributed by atoms with Crippen molar-refractivity contribution in [3.8, 4) is 11.5 Å². The predicted octanol–water partition coefficient (Wildman–Crippen LogP) is 3.16. The number of carboxylic acids is 1. The van der Waals surface area contributed by atoms with Crippen LogP contribution in [-0.4, -0.2) is 34.4 Å². The fourth-order valence-electron chi connectivity index (χ4n) is 4.87. The van der Waals surface area contributed by atoms with Gasteiger partial charge in [0.2, 0.25) is 0 Å². The van der Waals surface area contributed by atoms with Crippen LogP contribution in [-0.2, 0) is 17.8 Å². The SMILES string of the molecule is COc1ccc(C2NC(C(=O)O)Cc3c2[nH]c2ccccc32)cc1COc1ccc([NH+]([O-])O)c(C)c1. The van der Waals surface area contributed by atoms with Crippen LogP contribution in [0.25, 0.3) is 10.9 Å². The number of aryl methyl sites for hydroxylation is 1. The number of fused-ring (bicyclic) bond motifs is 3. The molecule has 186 valence electrons. The fraction of sp³-hybridized carbons (Fsp3) is 0.222. The highest BCUT2D eigenvalue weighted by Crippen LogP contribution is 2.36. The van der Waals surface area contributed by atoms with E-state index < -0.39 is 17.2 Å². The molecule has 1 aliphatic heterocycles. The normalized spacial score (nSPS) is 18.0. The Labute approximate surface area is 207 Å². The Morgan fingerprint density at radius 1 is 1.17 bits per heavy atom. The lowest BCUT2D eigenvalue weighted by atomic mass is 9.89. The van der Waals surface area contributed by atoms with Crippen LogP contribution in [0.1, 0.15) is 34.0 Å². The highest BCUT2D eigenvalue weighted by Gasteiger charge is 2.34. The van der Waals surface area contributed by atoms with Crippen molar-refractivity contribution in [2.45, 2.75) is 32.0 Å². The van der Waals surface area contributed by atoms with Gasteiger partial charge < -0.3 is 24.8 Å². The number of hydrogen-bond donors (Lipinski definition) is 5. The largest absolute Gasteiger partial charge is 0.595 e. The molecular formula is C27H27N3O6. The molecule has 2 heterocycles. The van der Waals surface area contributed by atoms with Crippen LogP contribution in [0.5, 0.6) is 11.5 Å². The molecule has 3 aromatic carbocycles. The van der Waals surface area contributed by atoms with Gasteiger partial charge in [-0.25, -0.2) is 5.21 Å². The lowest BCUT2D eigenvalue weighted by molar-refractivity contribution is -0.991. The van der Waals surface area contributed by atoms with Gasteiger partial charge in [-0.3, -0.25) is 10.1 Å². The van der Waals surface area contributed by atoms with Crippen molar-refractivity contribution in [2.24, 2.45) is 0 Å². The first-order valence-electron chi connectivity index (χ1n) is 11.6. The minimum atomic E-state index is -0.982. The molecule has 1 aromatic heterocycles. The maximum atomic E-state index is 12.0. The van der Waals surface area contributed by atoms with E-state index in [4.69, 9.17) is 9.47 Å². The van der Waals surface area contributed by atoms with Gasteiger partial charge in [-0.1, -0.05) is 24.3 Å². The second-order valence-corrected chi connectivity index (χ2v) is 8.90. The molecule has 0 aliphatic carbocycles. The van der Waals surface area contributed by atoms with Crippen molar-refractivity contribution in [3.05, 3.63) is 93.8 Å². The summed E-state index contributed by atoms with van der Waals surface area (Å²) < 4.78 is 11.5. The molecule has 0 amide bonds. The molecule has 5 rings (SSSR count). The zero-order chi connectivity index (χ0) is 25.4. The van der Waals surface area contributed by atoms with Gasteiger partial charge in [-0.2, -0.15) is 5.23 Å². The topological polar surface area (TPSA) is 131 Å². The summed E-state index contributed by atoms with van der Waals surface area (Å²) in [5.41, 5.74) is 5.43. The summed E-state index contributed by atoms with van der Waals surface area (Å²) in [6.07, 6.45) is 0.392. The Kier molecular flexibility index (Phi) is 6.38. The van der Waals surface area contributed by atoms with Crippen molar-refractivity contribution < 1.29 is 29.8 Å². The van der Waals surface area contributed by atoms with Gasteiger partial charge in [-0.05, 0) is 48.4 Å². The van der Waals surface area contributed by atoms with Gasteiger partial charge in [-0.15, -0.1) is 0 Å². The van der Waals surface area contributed by atoms with Gasteiger partial charge in [0.1, 0.15) is 24.1 Å². The number of aliphatic carboxylic acids is 1. The lowest BCUT2D eigenvalue weighted by Crippen LogP contribution is -2.99. The van der Waals surface area contributed by atoms with E-state index in [1.165, 1.54) is 6.07 Å². The molecule has 0 radical (unpaired) electrons. The summed E-state index contributed by atoms with van der Waals surface area (Å²) in [7, 11) is 1.58. The Morgan fingerprint density at radius 2 is 1.97 bits per heavy atom. The number of H-pyrrole nitrogens is 1. The Hall–Kier alpha value is -3.89. The van der Waals surface area contributed by atoms with Crippen LogP contribution >= 0.6 is 0 Å². The summed E-state index contributed by atoms with van der Waals surface area (Å²) in [4.78, 5) is 15.5. The fourth-order valence-corrected chi connectivity index (χ4v) is 4.87. The Bertz CT molecular complexity index is 1430. The molecule has 0 spiro atoms. The zero-order valence-electron chi connectivity index (χ0n) is 19.9. The third-order valence-corrected chi connectivity index (χ3v) is 6.67. The van der Waals surface area contributed by atoms with Crippen LogP contribution in [0, 0.1) is 12.1 Å². The van der Waals surface area contributed by atoms with Gasteiger partial charge in [0.15, 0.2) is 5.69 Å². The van der Waals surface area contributed by atoms with Crippen molar-refractivity contribution in [1.29, 1.82) is 0 Å². The molecule has 0 saturated heterocycles. The van der Waals surface area contributed by atoms with Crippen molar-refractivity contribution in [1.82, 2.24) is 10.3 Å². The molecule has 3 atom stereocenters. The van der Waals surface area contributed by atoms with Crippen LogP contribution in [0.4, 0.5) is 5.69 Å². The lowest BCUT2D eigenvalue weighted by Gasteiger charge is -2.30. The summed E-state index contributed by atoms with van der Waals surface area (Å²) in [5, 5.41) is 33.7. The van der Waals surface area contributed by atoms with Gasteiger partial charge in [0.25, 0.3) is 0 Å². The van der Waals surface area contributed by atoms with Crippen LogP contribution in [0.3, 0.4) is 0 Å². The first kappa shape index (κ1) is 23.8. The third kappa shape index (κ3) is 4.40. The monoisotopic (exact) mass is 489 g/mol. The van der Waals surface area contributed by atoms with E-state index >= 15 is 0 Å². The van der Waals surface area contributed by atoms with E-state index in [2.05, 4.69) is 10.3 Å². The quantitative estimate of drug-likeness (QED) is 0.252. The second kappa shape index (κ2) is 9.63. The number of nitrogens with one attached hydrogen (secondary N) is 3. The van der Waals surface area contributed by atoms with E-state index in [1.807, 2.05) is 42.5 Å². The number of aromatic nitrogens is 1. The Balaban J connectivity index is 1.48. The number of hydrogen-bond acceptors (Lipinski definition) is 6. The number of quaternary nitrogens is 1. The minimum Gasteiger partial charge on any atom is -0.595 e. The molecule has 3 unspecified atom stereocenters. The maximum Gasteiger partial charge on any atom is 0.321 e. The minimum absolute atomic E-state index is 0.192. The molecule has 9 heteroatoms. The molecule has 0 fully saturated rings. The molecule has 1 aliphatic rings. The highest BCUT2D eigenvalue weighted by atomic mass is 16.8. The number of ether oxygens (including phenoxy) is 2. The molecule has 5 N–H and O–H groups in total. The molecule has 9 nitrogen and oxygen atoms in total. The van der Waals surface area contributed by atoms with Crippen molar-refractivity contribution >= 4 is 22.6 Å². The number of methoxy groups -OCH3 is 1. The standard InChI is InChI=1S/C27H27N3O6/c1-15-11-18(8-9-23(15)30(33)34)36-14-17-12-16(7-10-24(17)35-2)25-26-20(13-22(29-25)27(31)32)19-5-3-4-6-21(19)28-26/h3-12,22,25,28-30,33H,13-14H2,1-2H3,(H,31,32). The van der Waals surface area contributed by atoms with E-state index in [1.54, 1.807) is 26.2 Å². The van der Waals surface area contributed by atoms with Crippen LogP contribution in [0.15, 0.2) is 60.7 Å². The summed E-state index contributed by atoms with van der Waals surface area (Å²) >= 11 is 0. The summed E-state index contributed by atoms with van der Waals surface area (Å²) in [6.45, 7) is 1.92. The summed E-state index contributed by atoms with van der Waals surface area (Å²) in [6, 6.07) is 17.4. The van der Waals surface area contributed by atoms with Gasteiger partial charge >= 0.3 is 5.97 Å². The third-order valence-electron chi connectivity index (χ3n) is 6.67. The van der Waals surface area contributed by atoms with Crippen LogP contribution in [0.2, 0.25) is 0 Å².